The normalized spacial score (nSPS) is 34.6. The van der Waals surface area contributed by atoms with Crippen molar-refractivity contribution in [2.75, 3.05) is 0 Å². The van der Waals surface area contributed by atoms with Gasteiger partial charge in [-0.3, -0.25) is 24.0 Å². The number of phenolic OH excluding ortho intramolecular Hbond substituents is 1. The van der Waals surface area contributed by atoms with E-state index in [-0.39, 0.29) is 22.3 Å². The topological polar surface area (TPSA) is 146 Å². The number of hydrogen-bond donors (Lipinski definition) is 3. The van der Waals surface area contributed by atoms with Crippen LogP contribution < -0.4 is 0 Å². The molecule has 0 bridgehead atoms. The number of carbonyl (C=O) groups is 5. The van der Waals surface area contributed by atoms with E-state index in [1.807, 2.05) is 0 Å². The molecule has 2 aromatic rings. The Bertz CT molecular complexity index is 1670. The first kappa shape index (κ1) is 31.5. The van der Waals surface area contributed by atoms with E-state index < -0.39 is 86.8 Å². The van der Waals surface area contributed by atoms with Crippen molar-refractivity contribution in [3.63, 3.8) is 0 Å². The van der Waals surface area contributed by atoms with Crippen LogP contribution in [0.4, 0.5) is 8.78 Å². The summed E-state index contributed by atoms with van der Waals surface area (Å²) in [5.41, 5.74) is -7.06. The number of aliphatic hydroxyl groups is 2. The average molecular weight is 609 g/mol. The monoisotopic (exact) mass is 608 g/mol. The number of alkyl halides is 2. The number of Topliss-reactive ketones (excluding diaryl/α,β-unsaturated/α-hetero) is 5. The highest BCUT2D eigenvalue weighted by Gasteiger charge is 2.80. The van der Waals surface area contributed by atoms with Gasteiger partial charge in [0.1, 0.15) is 17.5 Å². The fourth-order valence-corrected chi connectivity index (χ4v) is 8.15. The molecule has 3 aliphatic carbocycles. The molecule has 0 amide bonds. The second-order valence-electron chi connectivity index (χ2n) is 13.1. The van der Waals surface area contributed by atoms with E-state index >= 15 is 0 Å². The first-order valence-electron chi connectivity index (χ1n) is 14.4. The van der Waals surface area contributed by atoms with Gasteiger partial charge < -0.3 is 15.3 Å². The van der Waals surface area contributed by atoms with Crippen LogP contribution in [0, 0.1) is 34.5 Å². The molecule has 2 saturated carbocycles. The lowest BCUT2D eigenvalue weighted by Gasteiger charge is -2.64. The van der Waals surface area contributed by atoms with Crippen LogP contribution in [-0.2, 0) is 25.1 Å². The lowest BCUT2D eigenvalue weighted by atomic mass is 9.38. The number of halogens is 2. The van der Waals surface area contributed by atoms with Crippen LogP contribution >= 0.6 is 0 Å². The Kier molecular flexibility index (Phi) is 7.03. The SMILES string of the molecule is CC(=O)C1C(=O)C(C(C)C)[C@@]2(C)[C@H](O)[C@@]3(C)/C(=C/c4ccc(C(C)(F)F)cc4)c4cccc(O)c4C(=O)C3C(=O)[C@@]2(O)C1=O. The molecule has 0 aromatic heterocycles. The van der Waals surface area contributed by atoms with Gasteiger partial charge in [0.15, 0.2) is 28.7 Å². The summed E-state index contributed by atoms with van der Waals surface area (Å²) < 4.78 is 27.9. The van der Waals surface area contributed by atoms with Crippen molar-refractivity contribution in [1.29, 1.82) is 0 Å². The Labute approximate surface area is 252 Å². The minimum atomic E-state index is -3.12. The number of carbonyl (C=O) groups excluding carboxylic acids is 5. The van der Waals surface area contributed by atoms with Gasteiger partial charge in [-0.05, 0) is 35.6 Å². The van der Waals surface area contributed by atoms with Gasteiger partial charge in [-0.2, -0.15) is 0 Å². The van der Waals surface area contributed by atoms with Crippen molar-refractivity contribution in [1.82, 2.24) is 0 Å². The standard InChI is InChI=1S/C34H34F2O8/c1-15(2)24-26(39)22(16(3)37)28(41)34(44)29(42)25-27(40)23-19(8-7-9-21(23)38)20(31(25,4)30(43)32(24,34)5)14-17-10-12-18(13-11-17)33(6,35)36/h7-15,22,24-25,30,38,43-44H,1-6H3/b20-14+/t22?,24?,25?,30-,31+,32+,34+/m1/s1. The van der Waals surface area contributed by atoms with Crippen LogP contribution in [-0.4, -0.2) is 55.9 Å². The molecule has 3 aliphatic rings. The first-order valence-corrected chi connectivity index (χ1v) is 14.4. The molecule has 3 N–H and O–H groups in total. The van der Waals surface area contributed by atoms with Crippen LogP contribution in [0.3, 0.4) is 0 Å². The fraction of sp³-hybridized carbons (Fsp3) is 0.441. The predicted octanol–water partition coefficient (Wildman–Crippen LogP) is 4.17. The van der Waals surface area contributed by atoms with Crippen molar-refractivity contribution in [2.24, 2.45) is 34.5 Å². The third kappa shape index (κ3) is 3.83. The Morgan fingerprint density at radius 1 is 1.00 bits per heavy atom. The highest BCUT2D eigenvalue weighted by atomic mass is 19.3. The maximum atomic E-state index is 14.6. The van der Waals surface area contributed by atoms with E-state index in [0.29, 0.717) is 5.56 Å². The number of hydrogen-bond acceptors (Lipinski definition) is 8. The lowest BCUT2D eigenvalue weighted by molar-refractivity contribution is -0.230. The van der Waals surface area contributed by atoms with Crippen molar-refractivity contribution in [2.45, 2.75) is 59.2 Å². The average Bonchev–Trinajstić information content (AvgIpc) is 2.92. The number of fused-ring (bicyclic) bond motifs is 3. The van der Waals surface area contributed by atoms with E-state index in [2.05, 4.69) is 0 Å². The summed E-state index contributed by atoms with van der Waals surface area (Å²) in [6.45, 7) is 7.63. The molecule has 2 aromatic carbocycles. The van der Waals surface area contributed by atoms with Gasteiger partial charge in [0, 0.05) is 29.2 Å². The maximum absolute atomic E-state index is 14.6. The van der Waals surface area contributed by atoms with Crippen molar-refractivity contribution in [3.8, 4) is 5.75 Å². The Morgan fingerprint density at radius 3 is 2.11 bits per heavy atom. The quantitative estimate of drug-likeness (QED) is 0.439. The molecule has 44 heavy (non-hydrogen) atoms. The van der Waals surface area contributed by atoms with Crippen molar-refractivity contribution < 1.29 is 48.1 Å². The van der Waals surface area contributed by atoms with Gasteiger partial charge in [-0.15, -0.1) is 0 Å². The molecule has 0 saturated heterocycles. The smallest absolute Gasteiger partial charge is 0.270 e. The van der Waals surface area contributed by atoms with Crippen LogP contribution in [0.1, 0.15) is 68.6 Å². The van der Waals surface area contributed by atoms with Gasteiger partial charge in [0.05, 0.1) is 17.6 Å². The summed E-state index contributed by atoms with van der Waals surface area (Å²) in [5.74, 6) is -14.9. The number of aliphatic hydroxyl groups excluding tert-OH is 1. The number of benzene rings is 2. The summed E-state index contributed by atoms with van der Waals surface area (Å²) in [7, 11) is 0. The number of phenols is 1. The molecular formula is C34H34F2O8. The fourth-order valence-electron chi connectivity index (χ4n) is 8.15. The van der Waals surface area contributed by atoms with Gasteiger partial charge in [0.25, 0.3) is 5.92 Å². The molecule has 5 rings (SSSR count). The molecule has 0 spiro atoms. The second-order valence-corrected chi connectivity index (χ2v) is 13.1. The molecular weight excluding hydrogens is 574 g/mol. The van der Waals surface area contributed by atoms with E-state index in [1.165, 1.54) is 62.4 Å². The van der Waals surface area contributed by atoms with E-state index in [4.69, 9.17) is 0 Å². The highest BCUT2D eigenvalue weighted by molar-refractivity contribution is 6.34. The summed E-state index contributed by atoms with van der Waals surface area (Å²) in [5, 5.41) is 35.5. The van der Waals surface area contributed by atoms with E-state index in [9.17, 15) is 48.1 Å². The molecule has 2 fully saturated rings. The minimum Gasteiger partial charge on any atom is -0.507 e. The third-order valence-corrected chi connectivity index (χ3v) is 10.2. The van der Waals surface area contributed by atoms with Crippen LogP contribution in [0.25, 0.3) is 11.6 Å². The van der Waals surface area contributed by atoms with Gasteiger partial charge in [0.2, 0.25) is 0 Å². The summed E-state index contributed by atoms with van der Waals surface area (Å²) >= 11 is 0. The molecule has 10 heteroatoms. The molecule has 0 heterocycles. The lowest BCUT2D eigenvalue weighted by Crippen LogP contribution is -2.81. The number of aromatic hydroxyl groups is 1. The van der Waals surface area contributed by atoms with Crippen LogP contribution in [0.15, 0.2) is 42.5 Å². The summed E-state index contributed by atoms with van der Waals surface area (Å²) in [4.78, 5) is 69.0. The zero-order valence-corrected chi connectivity index (χ0v) is 25.1. The van der Waals surface area contributed by atoms with Crippen LogP contribution in [0.2, 0.25) is 0 Å². The Hall–Kier alpha value is -3.89. The number of ketones is 5. The molecule has 7 atom stereocenters. The Balaban J connectivity index is 1.85. The predicted molar refractivity (Wildman–Crippen MR) is 154 cm³/mol. The molecule has 0 radical (unpaired) electrons. The van der Waals surface area contributed by atoms with E-state index in [1.54, 1.807) is 13.8 Å². The molecule has 3 unspecified atom stereocenters. The summed E-state index contributed by atoms with van der Waals surface area (Å²) in [6, 6.07) is 9.39. The third-order valence-electron chi connectivity index (χ3n) is 10.2. The zero-order chi connectivity index (χ0) is 32.9. The number of rotatable bonds is 4. The molecule has 232 valence electrons. The van der Waals surface area contributed by atoms with E-state index in [0.717, 1.165) is 13.8 Å². The maximum Gasteiger partial charge on any atom is 0.270 e. The Morgan fingerprint density at radius 2 is 1.59 bits per heavy atom. The molecule has 8 nitrogen and oxygen atoms in total. The largest absolute Gasteiger partial charge is 0.507 e. The first-order chi connectivity index (χ1) is 20.3. The zero-order valence-electron chi connectivity index (χ0n) is 25.1. The molecule has 0 aliphatic heterocycles. The van der Waals surface area contributed by atoms with Crippen LogP contribution in [0.5, 0.6) is 5.75 Å². The highest BCUT2D eigenvalue weighted by Crippen LogP contribution is 2.66. The van der Waals surface area contributed by atoms with Crippen molar-refractivity contribution in [3.05, 3.63) is 64.7 Å². The van der Waals surface area contributed by atoms with Gasteiger partial charge in [-0.1, -0.05) is 70.2 Å². The van der Waals surface area contributed by atoms with Gasteiger partial charge >= 0.3 is 0 Å². The minimum absolute atomic E-state index is 0.149. The van der Waals surface area contributed by atoms with Gasteiger partial charge in [-0.25, -0.2) is 8.78 Å². The summed E-state index contributed by atoms with van der Waals surface area (Å²) in [6.07, 6.45) is -0.407. The van der Waals surface area contributed by atoms with Crippen molar-refractivity contribution >= 4 is 40.6 Å². The second kappa shape index (κ2) is 9.81.